The van der Waals surface area contributed by atoms with Crippen molar-refractivity contribution in [3.8, 4) is 0 Å². The molecule has 0 aromatic carbocycles. The van der Waals surface area contributed by atoms with E-state index < -0.39 is 0 Å². The van der Waals surface area contributed by atoms with Crippen molar-refractivity contribution in [1.29, 1.82) is 0 Å². The third-order valence-electron chi connectivity index (χ3n) is 3.30. The van der Waals surface area contributed by atoms with E-state index in [9.17, 15) is 0 Å². The van der Waals surface area contributed by atoms with E-state index in [4.69, 9.17) is 4.74 Å². The van der Waals surface area contributed by atoms with Gasteiger partial charge in [0.05, 0.1) is 6.04 Å². The van der Waals surface area contributed by atoms with Crippen molar-refractivity contribution in [2.45, 2.75) is 58.1 Å². The lowest BCUT2D eigenvalue weighted by molar-refractivity contribution is 0.163. The van der Waals surface area contributed by atoms with Gasteiger partial charge in [-0.2, -0.15) is 0 Å². The van der Waals surface area contributed by atoms with Gasteiger partial charge in [0.25, 0.3) is 0 Å². The SMILES string of the molecule is CC1=NC(C2CCCCC2)C(C)O1. The highest BCUT2D eigenvalue weighted by Gasteiger charge is 2.32. The summed E-state index contributed by atoms with van der Waals surface area (Å²) < 4.78 is 5.58. The van der Waals surface area contributed by atoms with Crippen molar-refractivity contribution in [2.75, 3.05) is 0 Å². The molecule has 74 valence electrons. The van der Waals surface area contributed by atoms with Gasteiger partial charge in [0.1, 0.15) is 6.10 Å². The summed E-state index contributed by atoms with van der Waals surface area (Å²) >= 11 is 0. The van der Waals surface area contributed by atoms with Crippen molar-refractivity contribution in [3.63, 3.8) is 0 Å². The molecule has 0 amide bonds. The first-order chi connectivity index (χ1) is 6.27. The third kappa shape index (κ3) is 1.87. The Labute approximate surface area is 80.4 Å². The van der Waals surface area contributed by atoms with Gasteiger partial charge in [-0.3, -0.25) is 0 Å². The molecule has 2 aliphatic rings. The molecule has 0 aromatic rings. The first-order valence-corrected chi connectivity index (χ1v) is 5.48. The highest BCUT2D eigenvalue weighted by Crippen LogP contribution is 2.32. The zero-order chi connectivity index (χ0) is 9.26. The van der Waals surface area contributed by atoms with Crippen molar-refractivity contribution >= 4 is 5.90 Å². The van der Waals surface area contributed by atoms with Crippen LogP contribution in [-0.2, 0) is 4.74 Å². The van der Waals surface area contributed by atoms with E-state index in [2.05, 4.69) is 11.9 Å². The van der Waals surface area contributed by atoms with Crippen LogP contribution in [0.2, 0.25) is 0 Å². The van der Waals surface area contributed by atoms with Gasteiger partial charge in [-0.25, -0.2) is 4.99 Å². The number of hydrogen-bond donors (Lipinski definition) is 0. The lowest BCUT2D eigenvalue weighted by Crippen LogP contribution is -2.29. The Morgan fingerprint density at radius 3 is 2.46 bits per heavy atom. The molecule has 0 bridgehead atoms. The number of ether oxygens (including phenoxy) is 1. The molecule has 0 aromatic heterocycles. The maximum absolute atomic E-state index is 5.58. The number of rotatable bonds is 1. The molecule has 2 nitrogen and oxygen atoms in total. The molecule has 2 heteroatoms. The molecular weight excluding hydrogens is 162 g/mol. The van der Waals surface area contributed by atoms with E-state index in [0.717, 1.165) is 11.8 Å². The predicted octanol–water partition coefficient (Wildman–Crippen LogP) is 2.77. The third-order valence-corrected chi connectivity index (χ3v) is 3.30. The van der Waals surface area contributed by atoms with E-state index in [1.165, 1.54) is 32.1 Å². The van der Waals surface area contributed by atoms with Crippen LogP contribution in [0.25, 0.3) is 0 Å². The molecule has 1 fully saturated rings. The molecule has 0 radical (unpaired) electrons. The van der Waals surface area contributed by atoms with Gasteiger partial charge < -0.3 is 4.74 Å². The molecule has 2 unspecified atom stereocenters. The highest BCUT2D eigenvalue weighted by molar-refractivity contribution is 5.75. The van der Waals surface area contributed by atoms with E-state index in [1.54, 1.807) is 0 Å². The molecule has 0 N–H and O–H groups in total. The smallest absolute Gasteiger partial charge is 0.180 e. The van der Waals surface area contributed by atoms with E-state index in [-0.39, 0.29) is 0 Å². The molecule has 13 heavy (non-hydrogen) atoms. The van der Waals surface area contributed by atoms with Crippen molar-refractivity contribution in [3.05, 3.63) is 0 Å². The summed E-state index contributed by atoms with van der Waals surface area (Å²) in [6.45, 7) is 4.12. The van der Waals surface area contributed by atoms with Crippen LogP contribution in [0.15, 0.2) is 4.99 Å². The van der Waals surface area contributed by atoms with Gasteiger partial charge in [0.2, 0.25) is 0 Å². The van der Waals surface area contributed by atoms with Crippen LogP contribution in [0, 0.1) is 5.92 Å². The molecular formula is C11H19NO. The van der Waals surface area contributed by atoms with Crippen LogP contribution in [0.1, 0.15) is 46.0 Å². The summed E-state index contributed by atoms with van der Waals surface area (Å²) in [6, 6.07) is 0.459. The molecule has 2 rings (SSSR count). The first-order valence-electron chi connectivity index (χ1n) is 5.48. The zero-order valence-electron chi connectivity index (χ0n) is 8.62. The van der Waals surface area contributed by atoms with E-state index in [0.29, 0.717) is 12.1 Å². The van der Waals surface area contributed by atoms with Crippen molar-refractivity contribution < 1.29 is 4.74 Å². The summed E-state index contributed by atoms with van der Waals surface area (Å²) in [7, 11) is 0. The Balaban J connectivity index is 1.98. The largest absolute Gasteiger partial charge is 0.476 e. The number of nitrogens with zero attached hydrogens (tertiary/aromatic N) is 1. The Hall–Kier alpha value is -0.530. The Morgan fingerprint density at radius 2 is 1.92 bits per heavy atom. The molecule has 1 aliphatic heterocycles. The lowest BCUT2D eigenvalue weighted by atomic mass is 9.82. The minimum atomic E-state index is 0.322. The van der Waals surface area contributed by atoms with Crippen LogP contribution in [-0.4, -0.2) is 18.0 Å². The van der Waals surface area contributed by atoms with Crippen molar-refractivity contribution in [1.82, 2.24) is 0 Å². The predicted molar refractivity (Wildman–Crippen MR) is 54.0 cm³/mol. The maximum Gasteiger partial charge on any atom is 0.180 e. The van der Waals surface area contributed by atoms with Gasteiger partial charge in [0.15, 0.2) is 5.90 Å². The van der Waals surface area contributed by atoms with Crippen LogP contribution in [0.5, 0.6) is 0 Å². The average molecular weight is 181 g/mol. The van der Waals surface area contributed by atoms with Crippen LogP contribution in [0.4, 0.5) is 0 Å². The lowest BCUT2D eigenvalue weighted by Gasteiger charge is -2.27. The molecule has 0 spiro atoms. The maximum atomic E-state index is 5.58. The number of aliphatic imine (C=N–C) groups is 1. The summed E-state index contributed by atoms with van der Waals surface area (Å²) in [5.41, 5.74) is 0. The van der Waals surface area contributed by atoms with Gasteiger partial charge in [0, 0.05) is 6.92 Å². The van der Waals surface area contributed by atoms with Gasteiger partial charge in [-0.15, -0.1) is 0 Å². The van der Waals surface area contributed by atoms with Crippen LogP contribution >= 0.6 is 0 Å². The molecule has 1 saturated carbocycles. The molecule has 1 heterocycles. The zero-order valence-corrected chi connectivity index (χ0v) is 8.62. The second kappa shape index (κ2) is 3.69. The summed E-state index contributed by atoms with van der Waals surface area (Å²) in [4.78, 5) is 4.59. The Morgan fingerprint density at radius 1 is 1.23 bits per heavy atom. The summed E-state index contributed by atoms with van der Waals surface area (Å²) in [5.74, 6) is 1.68. The number of hydrogen-bond acceptors (Lipinski definition) is 2. The Bertz CT molecular complexity index is 206. The van der Waals surface area contributed by atoms with Gasteiger partial charge >= 0.3 is 0 Å². The van der Waals surface area contributed by atoms with E-state index >= 15 is 0 Å². The van der Waals surface area contributed by atoms with E-state index in [1.807, 2.05) is 6.92 Å². The van der Waals surface area contributed by atoms with Gasteiger partial charge in [-0.1, -0.05) is 19.3 Å². The second-order valence-electron chi connectivity index (χ2n) is 4.36. The molecule has 1 aliphatic carbocycles. The quantitative estimate of drug-likeness (QED) is 0.609. The molecule has 0 saturated heterocycles. The summed E-state index contributed by atoms with van der Waals surface area (Å²) in [6.07, 6.45) is 7.24. The minimum Gasteiger partial charge on any atom is -0.476 e. The fourth-order valence-electron chi connectivity index (χ4n) is 2.65. The normalized spacial score (nSPS) is 35.7. The average Bonchev–Trinajstić information content (AvgIpc) is 2.47. The monoisotopic (exact) mass is 181 g/mol. The van der Waals surface area contributed by atoms with Crippen molar-refractivity contribution in [2.24, 2.45) is 10.9 Å². The fraction of sp³-hybridized carbons (Fsp3) is 0.909. The standard InChI is InChI=1S/C11H19NO/c1-8-11(12-9(2)13-8)10-6-4-3-5-7-10/h8,10-11H,3-7H2,1-2H3. The highest BCUT2D eigenvalue weighted by atomic mass is 16.5. The summed E-state index contributed by atoms with van der Waals surface area (Å²) in [5, 5.41) is 0. The van der Waals surface area contributed by atoms with Crippen LogP contribution in [0.3, 0.4) is 0 Å². The molecule has 2 atom stereocenters. The topological polar surface area (TPSA) is 21.6 Å². The fourth-order valence-corrected chi connectivity index (χ4v) is 2.65. The second-order valence-corrected chi connectivity index (χ2v) is 4.36. The first kappa shape index (κ1) is 9.04. The Kier molecular flexibility index (Phi) is 2.56. The minimum absolute atomic E-state index is 0.322. The van der Waals surface area contributed by atoms with Crippen LogP contribution < -0.4 is 0 Å². The van der Waals surface area contributed by atoms with Gasteiger partial charge in [-0.05, 0) is 25.7 Å².